The summed E-state index contributed by atoms with van der Waals surface area (Å²) in [7, 11) is 3.20. The van der Waals surface area contributed by atoms with Gasteiger partial charge in [-0.1, -0.05) is 35.6 Å². The van der Waals surface area contributed by atoms with Gasteiger partial charge in [0.15, 0.2) is 0 Å². The van der Waals surface area contributed by atoms with Gasteiger partial charge in [-0.25, -0.2) is 9.78 Å². The molecule has 0 aliphatic heterocycles. The number of aryl methyl sites for hydroxylation is 2. The first-order valence-electron chi connectivity index (χ1n) is 8.88. The van der Waals surface area contributed by atoms with Gasteiger partial charge in [0.25, 0.3) is 5.19 Å². The number of aromatic nitrogens is 5. The molecule has 0 aliphatic rings. The molecule has 4 rings (SSSR count). The van der Waals surface area contributed by atoms with Crippen LogP contribution < -0.4 is 15.2 Å². The van der Waals surface area contributed by atoms with Crippen LogP contribution >= 0.6 is 11.3 Å². The van der Waals surface area contributed by atoms with E-state index in [1.165, 1.54) is 20.7 Å². The van der Waals surface area contributed by atoms with E-state index in [4.69, 9.17) is 9.47 Å². The van der Waals surface area contributed by atoms with Gasteiger partial charge >= 0.3 is 5.69 Å². The third-order valence-corrected chi connectivity index (χ3v) is 5.29. The third kappa shape index (κ3) is 3.64. The van der Waals surface area contributed by atoms with Crippen LogP contribution in [0.4, 0.5) is 0 Å². The first-order chi connectivity index (χ1) is 14.1. The Hall–Kier alpha value is -3.46. The standard InChI is InChI=1S/C20H19N5O3S/c1-13-7-6-9-17(25-20(26)24(2)22-23-25)15(13)11-28-19-21-16(12-29-19)14-8-4-5-10-18(14)27-3/h4-10,12H,11H2,1-3H3. The number of rotatable bonds is 6. The van der Waals surface area contributed by atoms with Gasteiger partial charge in [0.2, 0.25) is 0 Å². The molecule has 148 valence electrons. The Balaban J connectivity index is 1.60. The summed E-state index contributed by atoms with van der Waals surface area (Å²) in [5.74, 6) is 0.757. The summed E-state index contributed by atoms with van der Waals surface area (Å²) in [6.07, 6.45) is 0. The van der Waals surface area contributed by atoms with Crippen molar-refractivity contribution in [1.82, 2.24) is 24.8 Å². The maximum atomic E-state index is 12.3. The molecule has 4 aromatic rings. The largest absolute Gasteiger partial charge is 0.496 e. The lowest BCUT2D eigenvalue weighted by molar-refractivity contribution is 0.303. The van der Waals surface area contributed by atoms with Crippen LogP contribution in [0, 0.1) is 6.92 Å². The van der Waals surface area contributed by atoms with E-state index in [1.54, 1.807) is 14.2 Å². The highest BCUT2D eigenvalue weighted by Gasteiger charge is 2.15. The highest BCUT2D eigenvalue weighted by Crippen LogP contribution is 2.33. The van der Waals surface area contributed by atoms with E-state index < -0.39 is 0 Å². The van der Waals surface area contributed by atoms with E-state index in [-0.39, 0.29) is 12.3 Å². The zero-order valence-corrected chi connectivity index (χ0v) is 17.0. The molecule has 8 nitrogen and oxygen atoms in total. The second-order valence-corrected chi connectivity index (χ2v) is 7.18. The van der Waals surface area contributed by atoms with Crippen LogP contribution in [0.3, 0.4) is 0 Å². The third-order valence-electron chi connectivity index (χ3n) is 4.54. The van der Waals surface area contributed by atoms with Crippen LogP contribution in [0.2, 0.25) is 0 Å². The average Bonchev–Trinajstić information content (AvgIpc) is 3.34. The maximum absolute atomic E-state index is 12.3. The molecule has 0 unspecified atom stereocenters. The lowest BCUT2D eigenvalue weighted by Gasteiger charge is -2.11. The normalized spacial score (nSPS) is 10.9. The quantitative estimate of drug-likeness (QED) is 0.487. The zero-order valence-electron chi connectivity index (χ0n) is 16.2. The van der Waals surface area contributed by atoms with Crippen LogP contribution in [0.15, 0.2) is 52.6 Å². The number of benzene rings is 2. The highest BCUT2D eigenvalue weighted by molar-refractivity contribution is 7.11. The number of methoxy groups -OCH3 is 1. The predicted octanol–water partition coefficient (Wildman–Crippen LogP) is 2.99. The van der Waals surface area contributed by atoms with Gasteiger partial charge < -0.3 is 9.47 Å². The van der Waals surface area contributed by atoms with E-state index in [0.717, 1.165) is 28.1 Å². The summed E-state index contributed by atoms with van der Waals surface area (Å²) in [6, 6.07) is 13.4. The molecule has 0 spiro atoms. The molecule has 2 aromatic heterocycles. The van der Waals surface area contributed by atoms with Crippen molar-refractivity contribution in [2.75, 3.05) is 7.11 Å². The molecule has 0 fully saturated rings. The van der Waals surface area contributed by atoms with Crippen molar-refractivity contribution >= 4 is 11.3 Å². The summed E-state index contributed by atoms with van der Waals surface area (Å²) in [5, 5.41) is 10.2. The van der Waals surface area contributed by atoms with Crippen LogP contribution in [0.1, 0.15) is 11.1 Å². The summed E-state index contributed by atoms with van der Waals surface area (Å²) in [5.41, 5.74) is 3.86. The smallest absolute Gasteiger partial charge is 0.368 e. The van der Waals surface area contributed by atoms with Crippen molar-refractivity contribution in [3.63, 3.8) is 0 Å². The van der Waals surface area contributed by atoms with Crippen molar-refractivity contribution in [2.45, 2.75) is 13.5 Å². The lowest BCUT2D eigenvalue weighted by Crippen LogP contribution is -2.23. The van der Waals surface area contributed by atoms with Crippen molar-refractivity contribution < 1.29 is 9.47 Å². The molecule has 0 bridgehead atoms. The second-order valence-electron chi connectivity index (χ2n) is 6.36. The summed E-state index contributed by atoms with van der Waals surface area (Å²) in [4.78, 5) is 16.8. The van der Waals surface area contributed by atoms with E-state index in [1.807, 2.05) is 54.8 Å². The zero-order chi connectivity index (χ0) is 20.4. The Labute approximate surface area is 171 Å². The number of para-hydroxylation sites is 1. The minimum absolute atomic E-state index is 0.254. The van der Waals surface area contributed by atoms with Crippen LogP contribution in [-0.2, 0) is 13.7 Å². The molecular formula is C20H19N5O3S. The van der Waals surface area contributed by atoms with Gasteiger partial charge in [0.1, 0.15) is 12.4 Å². The number of hydrogen-bond donors (Lipinski definition) is 0. The van der Waals surface area contributed by atoms with Crippen molar-refractivity contribution in [2.24, 2.45) is 7.05 Å². The molecule has 0 atom stereocenters. The van der Waals surface area contributed by atoms with E-state index in [9.17, 15) is 4.79 Å². The van der Waals surface area contributed by atoms with Gasteiger partial charge in [-0.15, -0.1) is 0 Å². The number of thiazole rings is 1. The fourth-order valence-corrected chi connectivity index (χ4v) is 3.65. The Morgan fingerprint density at radius 1 is 1.10 bits per heavy atom. The SMILES string of the molecule is COc1ccccc1-c1csc(OCc2c(C)cccc2-n2nnn(C)c2=O)n1. The highest BCUT2D eigenvalue weighted by atomic mass is 32.1. The van der Waals surface area contributed by atoms with Crippen molar-refractivity contribution in [1.29, 1.82) is 0 Å². The second kappa shape index (κ2) is 7.88. The van der Waals surface area contributed by atoms with Crippen molar-refractivity contribution in [3.8, 4) is 27.9 Å². The molecule has 0 saturated carbocycles. The molecule has 0 amide bonds. The van der Waals surface area contributed by atoms with Crippen molar-refractivity contribution in [3.05, 3.63) is 69.5 Å². The first kappa shape index (κ1) is 18.9. The van der Waals surface area contributed by atoms with Gasteiger partial charge in [-0.2, -0.15) is 9.36 Å². The summed E-state index contributed by atoms with van der Waals surface area (Å²) < 4.78 is 13.8. The minimum Gasteiger partial charge on any atom is -0.496 e. The molecule has 0 radical (unpaired) electrons. The Kier molecular flexibility index (Phi) is 5.13. The maximum Gasteiger partial charge on any atom is 0.368 e. The number of hydrogen-bond acceptors (Lipinski definition) is 7. The molecule has 2 aromatic carbocycles. The van der Waals surface area contributed by atoms with Crippen LogP contribution in [0.25, 0.3) is 16.9 Å². The minimum atomic E-state index is -0.315. The lowest BCUT2D eigenvalue weighted by atomic mass is 10.1. The van der Waals surface area contributed by atoms with Gasteiger partial charge in [-0.3, -0.25) is 0 Å². The molecule has 2 heterocycles. The monoisotopic (exact) mass is 409 g/mol. The fourth-order valence-electron chi connectivity index (χ4n) is 2.98. The Bertz CT molecular complexity index is 1210. The van der Waals surface area contributed by atoms with Crippen LogP contribution in [-0.4, -0.2) is 31.9 Å². The molecular weight excluding hydrogens is 390 g/mol. The van der Waals surface area contributed by atoms with E-state index in [2.05, 4.69) is 15.4 Å². The first-order valence-corrected chi connectivity index (χ1v) is 9.76. The Morgan fingerprint density at radius 3 is 2.69 bits per heavy atom. The number of tetrazole rings is 1. The van der Waals surface area contributed by atoms with Gasteiger partial charge in [0, 0.05) is 23.6 Å². The van der Waals surface area contributed by atoms with E-state index >= 15 is 0 Å². The fraction of sp³-hybridized carbons (Fsp3) is 0.200. The predicted molar refractivity (Wildman–Crippen MR) is 110 cm³/mol. The molecule has 0 aliphatic carbocycles. The number of nitrogens with zero attached hydrogens (tertiary/aromatic N) is 5. The molecule has 0 saturated heterocycles. The summed E-state index contributed by atoms with van der Waals surface area (Å²) in [6.45, 7) is 2.22. The molecule has 0 N–H and O–H groups in total. The van der Waals surface area contributed by atoms with Gasteiger partial charge in [-0.05, 0) is 41.1 Å². The van der Waals surface area contributed by atoms with E-state index in [0.29, 0.717) is 10.9 Å². The average molecular weight is 409 g/mol. The summed E-state index contributed by atoms with van der Waals surface area (Å²) >= 11 is 1.41. The molecule has 9 heteroatoms. The molecule has 29 heavy (non-hydrogen) atoms. The topological polar surface area (TPSA) is 84.1 Å². The van der Waals surface area contributed by atoms with Crippen LogP contribution in [0.5, 0.6) is 10.9 Å². The van der Waals surface area contributed by atoms with Gasteiger partial charge in [0.05, 0.1) is 18.5 Å². The number of ether oxygens (including phenoxy) is 2. The Morgan fingerprint density at radius 2 is 1.93 bits per heavy atom.